The van der Waals surface area contributed by atoms with Crippen LogP contribution in [0.25, 0.3) is 0 Å². The third-order valence-corrected chi connectivity index (χ3v) is 3.91. The minimum absolute atomic E-state index is 0.125. The van der Waals surface area contributed by atoms with Crippen LogP contribution in [0.4, 0.5) is 5.69 Å². The largest absolute Gasteiger partial charge is 0.492 e. The molecular formula is C21H18N4O3. The van der Waals surface area contributed by atoms with E-state index in [2.05, 4.69) is 16.5 Å². The van der Waals surface area contributed by atoms with Gasteiger partial charge in [-0.2, -0.15) is 10.4 Å². The van der Waals surface area contributed by atoms with E-state index in [4.69, 9.17) is 10.00 Å². The first kappa shape index (κ1) is 18.9. The monoisotopic (exact) mass is 374 g/mol. The van der Waals surface area contributed by atoms with Gasteiger partial charge >= 0.3 is 0 Å². The van der Waals surface area contributed by atoms with Crippen molar-refractivity contribution in [3.8, 4) is 11.8 Å². The Bertz CT molecular complexity index is 1040. The number of carbonyl (C=O) groups excluding carboxylic acids is 1. The molecule has 0 aliphatic heterocycles. The number of amides is 1. The van der Waals surface area contributed by atoms with Crippen molar-refractivity contribution < 1.29 is 9.53 Å². The van der Waals surface area contributed by atoms with E-state index < -0.39 is 5.91 Å². The van der Waals surface area contributed by atoms with Crippen molar-refractivity contribution in [2.45, 2.75) is 13.0 Å². The van der Waals surface area contributed by atoms with E-state index in [9.17, 15) is 9.59 Å². The van der Waals surface area contributed by atoms with E-state index in [1.165, 1.54) is 16.8 Å². The Balaban J connectivity index is 1.63. The van der Waals surface area contributed by atoms with Crippen LogP contribution in [0.3, 0.4) is 0 Å². The van der Waals surface area contributed by atoms with Gasteiger partial charge in [0.1, 0.15) is 18.1 Å². The summed E-state index contributed by atoms with van der Waals surface area (Å²) in [6.07, 6.45) is 0.311. The molecule has 2 aromatic carbocycles. The molecule has 0 bridgehead atoms. The fraction of sp³-hybridized carbons (Fsp3) is 0.143. The smallest absolute Gasteiger partial charge is 0.276 e. The number of ether oxygens (including phenoxy) is 1. The first-order valence-electron chi connectivity index (χ1n) is 8.69. The zero-order valence-electron chi connectivity index (χ0n) is 15.0. The summed E-state index contributed by atoms with van der Waals surface area (Å²) in [5.74, 6) is 0.273. The molecule has 0 radical (unpaired) electrons. The number of hydrogen-bond donors (Lipinski definition) is 1. The van der Waals surface area contributed by atoms with Crippen LogP contribution < -0.4 is 15.6 Å². The number of nitriles is 1. The molecule has 1 heterocycles. The fourth-order valence-corrected chi connectivity index (χ4v) is 2.49. The van der Waals surface area contributed by atoms with E-state index >= 15 is 0 Å². The number of para-hydroxylation sites is 1. The van der Waals surface area contributed by atoms with E-state index in [1.807, 2.05) is 30.3 Å². The zero-order valence-corrected chi connectivity index (χ0v) is 15.0. The lowest BCUT2D eigenvalue weighted by Crippen LogP contribution is -2.28. The molecule has 0 atom stereocenters. The summed E-state index contributed by atoms with van der Waals surface area (Å²) in [6.45, 7) is 0.472. The maximum atomic E-state index is 12.4. The SMILES string of the molecule is N#CCc1ccc(NC(=O)c2ccc(=O)n(CCOc3ccccc3)n2)cc1. The third kappa shape index (κ3) is 5.05. The highest BCUT2D eigenvalue weighted by Gasteiger charge is 2.10. The number of hydrogen-bond acceptors (Lipinski definition) is 5. The number of aromatic nitrogens is 2. The molecule has 1 N–H and O–H groups in total. The van der Waals surface area contributed by atoms with Gasteiger partial charge < -0.3 is 10.1 Å². The molecule has 0 unspecified atom stereocenters. The molecule has 0 spiro atoms. The lowest BCUT2D eigenvalue weighted by Gasteiger charge is -2.09. The Kier molecular flexibility index (Phi) is 6.16. The molecule has 0 saturated heterocycles. The highest BCUT2D eigenvalue weighted by molar-refractivity contribution is 6.02. The van der Waals surface area contributed by atoms with Crippen LogP contribution in [-0.4, -0.2) is 22.3 Å². The Hall–Kier alpha value is -3.92. The van der Waals surface area contributed by atoms with Crippen molar-refractivity contribution in [2.75, 3.05) is 11.9 Å². The van der Waals surface area contributed by atoms with Crippen LogP contribution >= 0.6 is 0 Å². The van der Waals surface area contributed by atoms with Crippen LogP contribution in [0.5, 0.6) is 5.75 Å². The summed E-state index contributed by atoms with van der Waals surface area (Å²) < 4.78 is 6.77. The Morgan fingerprint density at radius 1 is 1.07 bits per heavy atom. The van der Waals surface area contributed by atoms with Crippen molar-refractivity contribution in [3.63, 3.8) is 0 Å². The Morgan fingerprint density at radius 2 is 1.82 bits per heavy atom. The second kappa shape index (κ2) is 9.14. The van der Waals surface area contributed by atoms with Gasteiger partial charge in [0.25, 0.3) is 11.5 Å². The minimum Gasteiger partial charge on any atom is -0.492 e. The molecule has 0 saturated carbocycles. The average molecular weight is 374 g/mol. The second-order valence-corrected chi connectivity index (χ2v) is 5.93. The summed E-state index contributed by atoms with van der Waals surface area (Å²) in [6, 6.07) is 21.0. The van der Waals surface area contributed by atoms with Gasteiger partial charge in [0, 0.05) is 11.8 Å². The van der Waals surface area contributed by atoms with Gasteiger partial charge in [-0.15, -0.1) is 0 Å². The highest BCUT2D eigenvalue weighted by Crippen LogP contribution is 2.11. The number of anilines is 1. The normalized spacial score (nSPS) is 10.1. The molecule has 7 heteroatoms. The van der Waals surface area contributed by atoms with Gasteiger partial charge in [0.15, 0.2) is 0 Å². The molecule has 0 fully saturated rings. The lowest BCUT2D eigenvalue weighted by molar-refractivity contribution is 0.101. The van der Waals surface area contributed by atoms with Gasteiger partial charge in [-0.25, -0.2) is 4.68 Å². The average Bonchev–Trinajstić information content (AvgIpc) is 2.72. The molecule has 7 nitrogen and oxygen atoms in total. The quantitative estimate of drug-likeness (QED) is 0.686. The van der Waals surface area contributed by atoms with Gasteiger partial charge in [-0.1, -0.05) is 30.3 Å². The topological polar surface area (TPSA) is 97.0 Å². The lowest BCUT2D eigenvalue weighted by atomic mass is 10.1. The molecule has 0 aliphatic carbocycles. The standard InChI is InChI=1S/C21H18N4O3/c22-13-12-16-6-8-17(9-7-16)23-21(27)19-10-11-20(26)25(24-19)14-15-28-18-4-2-1-3-5-18/h1-11H,12,14-15H2,(H,23,27). The van der Waals surface area contributed by atoms with Crippen LogP contribution in [0, 0.1) is 11.3 Å². The number of nitrogens with one attached hydrogen (secondary N) is 1. The number of benzene rings is 2. The van der Waals surface area contributed by atoms with Crippen molar-refractivity contribution in [1.82, 2.24) is 9.78 Å². The van der Waals surface area contributed by atoms with Crippen molar-refractivity contribution >= 4 is 11.6 Å². The maximum absolute atomic E-state index is 12.4. The van der Waals surface area contributed by atoms with E-state index in [0.717, 1.165) is 5.56 Å². The second-order valence-electron chi connectivity index (χ2n) is 5.93. The number of nitrogens with zero attached hydrogens (tertiary/aromatic N) is 3. The summed E-state index contributed by atoms with van der Waals surface area (Å²) >= 11 is 0. The molecule has 3 aromatic rings. The predicted octanol–water partition coefficient (Wildman–Crippen LogP) is 2.64. The molecule has 28 heavy (non-hydrogen) atoms. The van der Waals surface area contributed by atoms with E-state index in [1.54, 1.807) is 24.3 Å². The fourth-order valence-electron chi connectivity index (χ4n) is 2.49. The van der Waals surface area contributed by atoms with Crippen LogP contribution in [-0.2, 0) is 13.0 Å². The summed E-state index contributed by atoms with van der Waals surface area (Å²) in [7, 11) is 0. The van der Waals surface area contributed by atoms with E-state index in [0.29, 0.717) is 17.9 Å². The molecule has 3 rings (SSSR count). The van der Waals surface area contributed by atoms with Gasteiger partial charge in [-0.3, -0.25) is 9.59 Å². The van der Waals surface area contributed by atoms with Crippen LogP contribution in [0.1, 0.15) is 16.1 Å². The van der Waals surface area contributed by atoms with Gasteiger partial charge in [-0.05, 0) is 35.9 Å². The molecular weight excluding hydrogens is 356 g/mol. The first-order valence-corrected chi connectivity index (χ1v) is 8.69. The third-order valence-electron chi connectivity index (χ3n) is 3.91. The van der Waals surface area contributed by atoms with Crippen LogP contribution in [0.15, 0.2) is 71.5 Å². The summed E-state index contributed by atoms with van der Waals surface area (Å²) in [4.78, 5) is 24.4. The van der Waals surface area contributed by atoms with Crippen LogP contribution in [0.2, 0.25) is 0 Å². The van der Waals surface area contributed by atoms with Gasteiger partial charge in [0.2, 0.25) is 0 Å². The van der Waals surface area contributed by atoms with Crippen molar-refractivity contribution in [3.05, 3.63) is 88.3 Å². The highest BCUT2D eigenvalue weighted by atomic mass is 16.5. The zero-order chi connectivity index (χ0) is 19.8. The Labute approximate surface area is 161 Å². The predicted molar refractivity (Wildman–Crippen MR) is 104 cm³/mol. The van der Waals surface area contributed by atoms with Gasteiger partial charge in [0.05, 0.1) is 19.0 Å². The first-order chi connectivity index (χ1) is 13.7. The summed E-state index contributed by atoms with van der Waals surface area (Å²) in [5.41, 5.74) is 1.26. The van der Waals surface area contributed by atoms with Crippen molar-refractivity contribution in [2.24, 2.45) is 0 Å². The minimum atomic E-state index is -0.425. The molecule has 0 aliphatic rings. The molecule has 140 valence electrons. The number of carbonyl (C=O) groups is 1. The molecule has 1 amide bonds. The summed E-state index contributed by atoms with van der Waals surface area (Å²) in [5, 5.41) is 15.5. The van der Waals surface area contributed by atoms with E-state index in [-0.39, 0.29) is 24.4 Å². The van der Waals surface area contributed by atoms with Crippen molar-refractivity contribution in [1.29, 1.82) is 5.26 Å². The molecule has 1 aromatic heterocycles. The number of rotatable bonds is 7. The Morgan fingerprint density at radius 3 is 2.54 bits per heavy atom. The maximum Gasteiger partial charge on any atom is 0.276 e.